The largest absolute Gasteiger partial charge is 0.344 e. The Labute approximate surface area is 208 Å². The van der Waals surface area contributed by atoms with Gasteiger partial charge < -0.3 is 5.32 Å². The van der Waals surface area contributed by atoms with Gasteiger partial charge in [-0.05, 0) is 74.4 Å². The van der Waals surface area contributed by atoms with Gasteiger partial charge in [0.25, 0.3) is 5.91 Å². The van der Waals surface area contributed by atoms with E-state index >= 15 is 0 Å². The minimum absolute atomic E-state index is 0.157. The highest BCUT2D eigenvalue weighted by atomic mass is 35.5. The lowest BCUT2D eigenvalue weighted by Crippen LogP contribution is -2.32. The van der Waals surface area contributed by atoms with Crippen LogP contribution in [0.1, 0.15) is 47.0 Å². The van der Waals surface area contributed by atoms with Crippen molar-refractivity contribution in [3.8, 4) is 0 Å². The van der Waals surface area contributed by atoms with E-state index in [0.29, 0.717) is 15.6 Å². The Hall–Kier alpha value is -3.22. The number of rotatable bonds is 4. The highest BCUT2D eigenvalue weighted by Gasteiger charge is 2.28. The van der Waals surface area contributed by atoms with Crippen LogP contribution in [-0.4, -0.2) is 22.4 Å². The van der Waals surface area contributed by atoms with Crippen molar-refractivity contribution in [1.29, 1.82) is 0 Å². The van der Waals surface area contributed by atoms with Crippen LogP contribution < -0.4 is 15.2 Å². The van der Waals surface area contributed by atoms with Crippen LogP contribution in [-0.2, 0) is 6.42 Å². The first-order valence-electron chi connectivity index (χ1n) is 11.2. The van der Waals surface area contributed by atoms with Gasteiger partial charge in [-0.1, -0.05) is 23.2 Å². The lowest BCUT2D eigenvalue weighted by Gasteiger charge is -2.27. The van der Waals surface area contributed by atoms with Gasteiger partial charge in [0.05, 0.1) is 29.4 Å². The van der Waals surface area contributed by atoms with Crippen LogP contribution in [0.15, 0.2) is 54.6 Å². The number of H-pyrrole nitrogens is 1. The van der Waals surface area contributed by atoms with E-state index in [1.807, 2.05) is 38.1 Å². The number of pyridine rings is 1. The molecule has 172 valence electrons. The minimum Gasteiger partial charge on any atom is -0.344 e. The monoisotopic (exact) mass is 492 g/mol. The lowest BCUT2D eigenvalue weighted by atomic mass is 10.0. The summed E-state index contributed by atoms with van der Waals surface area (Å²) in [5, 5.41) is 5.27. The molecule has 1 aliphatic rings. The van der Waals surface area contributed by atoms with Gasteiger partial charge in [-0.15, -0.1) is 4.98 Å². The first-order valence-corrected chi connectivity index (χ1v) is 12.0. The number of aryl methyl sites for hydroxylation is 2. The molecule has 8 heteroatoms. The zero-order valence-electron chi connectivity index (χ0n) is 18.9. The summed E-state index contributed by atoms with van der Waals surface area (Å²) in [6.07, 6.45) is 1.84. The van der Waals surface area contributed by atoms with Gasteiger partial charge in [0.15, 0.2) is 5.52 Å². The number of nitrogens with zero attached hydrogens (tertiary/aromatic N) is 3. The predicted octanol–water partition coefficient (Wildman–Crippen LogP) is 5.63. The molecule has 1 atom stereocenters. The minimum atomic E-state index is -0.238. The molecule has 1 unspecified atom stereocenters. The molecule has 5 rings (SSSR count). The molecular formula is C26H24Cl2N5O+. The molecule has 0 bridgehead atoms. The Balaban J connectivity index is 1.45. The summed E-state index contributed by atoms with van der Waals surface area (Å²) < 4.78 is 0. The topological polar surface area (TPSA) is 72.3 Å². The molecule has 1 amide bonds. The predicted molar refractivity (Wildman–Crippen MR) is 135 cm³/mol. The first kappa shape index (κ1) is 22.6. The van der Waals surface area contributed by atoms with Gasteiger partial charge in [0, 0.05) is 22.5 Å². The van der Waals surface area contributed by atoms with E-state index in [4.69, 9.17) is 28.2 Å². The summed E-state index contributed by atoms with van der Waals surface area (Å²) >= 11 is 12.2. The van der Waals surface area contributed by atoms with E-state index in [2.05, 4.69) is 26.3 Å². The highest BCUT2D eigenvalue weighted by molar-refractivity contribution is 6.31. The van der Waals surface area contributed by atoms with Crippen molar-refractivity contribution in [2.24, 2.45) is 0 Å². The summed E-state index contributed by atoms with van der Waals surface area (Å²) in [4.78, 5) is 27.9. The summed E-state index contributed by atoms with van der Waals surface area (Å²) in [5.74, 6) is 1.64. The Morgan fingerprint density at radius 3 is 2.62 bits per heavy atom. The standard InChI is InChI=1S/C26H23Cl2N5O/c1-15(29-26(34)17-5-7-18(27)8-6-17)21-11-12-24-23(32-21)4-3-13-33(24)25-20-14-19(28)9-10-22(20)30-16(2)31-25/h5-12,14-15H,3-4,13H2,1-2H3,(H,29,34)/p+1. The third-order valence-corrected chi connectivity index (χ3v) is 6.51. The summed E-state index contributed by atoms with van der Waals surface area (Å²) in [6, 6.07) is 16.4. The van der Waals surface area contributed by atoms with Gasteiger partial charge in [-0.25, -0.2) is 4.98 Å². The van der Waals surface area contributed by atoms with Crippen LogP contribution in [0.4, 0.5) is 11.5 Å². The molecule has 2 aromatic heterocycles. The van der Waals surface area contributed by atoms with E-state index in [9.17, 15) is 4.79 Å². The number of fused-ring (bicyclic) bond motifs is 2. The second kappa shape index (κ2) is 9.20. The Morgan fingerprint density at radius 1 is 1.06 bits per heavy atom. The van der Waals surface area contributed by atoms with Gasteiger partial charge in [0.2, 0.25) is 11.6 Å². The quantitative estimate of drug-likeness (QED) is 0.400. The van der Waals surface area contributed by atoms with E-state index < -0.39 is 0 Å². The molecule has 2 aromatic carbocycles. The number of benzene rings is 2. The van der Waals surface area contributed by atoms with Gasteiger partial charge in [-0.2, -0.15) is 0 Å². The maximum absolute atomic E-state index is 12.6. The van der Waals surface area contributed by atoms with E-state index in [1.54, 1.807) is 24.3 Å². The number of hydrogen-bond donors (Lipinski definition) is 1. The molecule has 6 nitrogen and oxygen atoms in total. The van der Waals surface area contributed by atoms with E-state index in [1.165, 1.54) is 0 Å². The molecule has 34 heavy (non-hydrogen) atoms. The average molecular weight is 493 g/mol. The van der Waals surface area contributed by atoms with Crippen LogP contribution in [0, 0.1) is 6.92 Å². The fourth-order valence-electron chi connectivity index (χ4n) is 4.35. The maximum atomic E-state index is 12.6. The van der Waals surface area contributed by atoms with Crippen LogP contribution in [0.5, 0.6) is 0 Å². The smallest absolute Gasteiger partial charge is 0.251 e. The van der Waals surface area contributed by atoms with Crippen molar-refractivity contribution in [3.63, 3.8) is 0 Å². The molecule has 1 aliphatic heterocycles. The van der Waals surface area contributed by atoms with E-state index in [-0.39, 0.29) is 11.9 Å². The fourth-order valence-corrected chi connectivity index (χ4v) is 4.65. The van der Waals surface area contributed by atoms with Crippen LogP contribution in [0.3, 0.4) is 0 Å². The van der Waals surface area contributed by atoms with Gasteiger partial charge in [-0.3, -0.25) is 14.7 Å². The number of halogens is 2. The lowest BCUT2D eigenvalue weighted by molar-refractivity contribution is -0.376. The molecule has 0 fully saturated rings. The number of aromatic amines is 1. The van der Waals surface area contributed by atoms with Crippen molar-refractivity contribution >= 4 is 51.5 Å². The Kier molecular flexibility index (Phi) is 6.11. The molecular weight excluding hydrogens is 469 g/mol. The second-order valence-electron chi connectivity index (χ2n) is 8.49. The SMILES string of the molecule is Cc1nc2ccc(Cl)cc2c(N2CCCc3nc(C(C)NC(=O)c4ccc(Cl)cc4)ccc32)[nH+]1. The van der Waals surface area contributed by atoms with Crippen molar-refractivity contribution in [3.05, 3.63) is 87.4 Å². The molecule has 0 saturated carbocycles. The molecule has 3 heterocycles. The van der Waals surface area contributed by atoms with Crippen LogP contribution in [0.25, 0.3) is 10.9 Å². The summed E-state index contributed by atoms with van der Waals surface area (Å²) in [5.41, 5.74) is 4.34. The molecule has 0 spiro atoms. The Morgan fingerprint density at radius 2 is 1.82 bits per heavy atom. The molecule has 0 saturated heterocycles. The number of anilines is 2. The number of nitrogens with one attached hydrogen (secondary N) is 2. The van der Waals surface area contributed by atoms with Gasteiger partial charge in [0.1, 0.15) is 5.69 Å². The summed E-state index contributed by atoms with van der Waals surface area (Å²) in [6.45, 7) is 4.76. The van der Waals surface area contributed by atoms with Crippen molar-refractivity contribution < 1.29 is 9.78 Å². The Bertz CT molecular complexity index is 1390. The third-order valence-electron chi connectivity index (χ3n) is 6.03. The molecule has 2 N–H and O–H groups in total. The molecule has 0 aliphatic carbocycles. The zero-order chi connectivity index (χ0) is 23.8. The number of carbonyl (C=O) groups is 1. The number of aromatic nitrogens is 3. The van der Waals surface area contributed by atoms with Crippen molar-refractivity contribution in [2.75, 3.05) is 11.4 Å². The fraction of sp³-hybridized carbons (Fsp3) is 0.231. The second-order valence-corrected chi connectivity index (χ2v) is 9.36. The average Bonchev–Trinajstić information content (AvgIpc) is 2.83. The van der Waals surface area contributed by atoms with E-state index in [0.717, 1.165) is 59.0 Å². The van der Waals surface area contributed by atoms with Crippen molar-refractivity contribution in [2.45, 2.75) is 32.7 Å². The number of carbonyl (C=O) groups excluding carboxylic acids is 1. The zero-order valence-corrected chi connectivity index (χ0v) is 20.4. The van der Waals surface area contributed by atoms with Crippen LogP contribution in [0.2, 0.25) is 10.0 Å². The van der Waals surface area contributed by atoms with Gasteiger partial charge >= 0.3 is 0 Å². The maximum Gasteiger partial charge on any atom is 0.251 e. The summed E-state index contributed by atoms with van der Waals surface area (Å²) in [7, 11) is 0. The van der Waals surface area contributed by atoms with Crippen molar-refractivity contribution in [1.82, 2.24) is 15.3 Å². The van der Waals surface area contributed by atoms with Crippen LogP contribution >= 0.6 is 23.2 Å². The third kappa shape index (κ3) is 4.43. The first-order chi connectivity index (χ1) is 16.4. The highest BCUT2D eigenvalue weighted by Crippen LogP contribution is 2.35. The normalized spacial score (nSPS) is 14.1. The molecule has 4 aromatic rings. The number of hydrogen-bond acceptors (Lipinski definition) is 4. The number of amides is 1. The molecule has 0 radical (unpaired) electrons.